The molecule has 3 aromatic carbocycles. The number of nitro groups is 1. The molecule has 0 saturated heterocycles. The number of carbonyl (C=O) groups is 1. The molecule has 1 fully saturated rings. The molecular formula is C27H26N4O5S. The Bertz CT molecular complexity index is 1570. The number of aromatic nitrogens is 1. The number of aromatic amines is 1. The second-order valence-electron chi connectivity index (χ2n) is 9.21. The Morgan fingerprint density at radius 3 is 2.38 bits per heavy atom. The Morgan fingerprint density at radius 1 is 0.919 bits per heavy atom. The fourth-order valence-electron chi connectivity index (χ4n) is 4.70. The SMILES string of the molecule is O=C(NS(=O)(=O)c1ccc(NC2CCCCC2)c([N+](=O)[O-])c1)c1ccc(-c2ccc3cc[nH]c3c2)cc1. The minimum Gasteiger partial charge on any atom is -0.377 e. The molecule has 1 aliphatic rings. The summed E-state index contributed by atoms with van der Waals surface area (Å²) in [5.74, 6) is -0.821. The summed E-state index contributed by atoms with van der Waals surface area (Å²) in [6.45, 7) is 0. The fraction of sp³-hybridized carbons (Fsp3) is 0.222. The number of sulfonamides is 1. The van der Waals surface area contributed by atoms with Gasteiger partial charge in [-0.1, -0.05) is 43.5 Å². The van der Waals surface area contributed by atoms with Crippen LogP contribution in [0.1, 0.15) is 42.5 Å². The number of carbonyl (C=O) groups excluding carboxylic acids is 1. The Balaban J connectivity index is 1.32. The summed E-state index contributed by atoms with van der Waals surface area (Å²) in [4.78, 5) is 26.6. The second-order valence-corrected chi connectivity index (χ2v) is 10.9. The Kier molecular flexibility index (Phi) is 6.66. The van der Waals surface area contributed by atoms with E-state index in [9.17, 15) is 23.3 Å². The van der Waals surface area contributed by atoms with Crippen molar-refractivity contribution in [1.82, 2.24) is 9.71 Å². The van der Waals surface area contributed by atoms with E-state index in [0.717, 1.165) is 60.2 Å². The predicted octanol–water partition coefficient (Wildman–Crippen LogP) is 5.61. The summed E-state index contributed by atoms with van der Waals surface area (Å²) < 4.78 is 27.8. The molecule has 0 spiro atoms. The van der Waals surface area contributed by atoms with Gasteiger partial charge in [0.25, 0.3) is 21.6 Å². The zero-order chi connectivity index (χ0) is 26.0. The van der Waals surface area contributed by atoms with Gasteiger partial charge >= 0.3 is 0 Å². The first-order chi connectivity index (χ1) is 17.8. The van der Waals surface area contributed by atoms with Crippen molar-refractivity contribution in [2.24, 2.45) is 0 Å². The van der Waals surface area contributed by atoms with Gasteiger partial charge in [0.2, 0.25) is 0 Å². The monoisotopic (exact) mass is 518 g/mol. The van der Waals surface area contributed by atoms with E-state index in [1.165, 1.54) is 12.1 Å². The molecule has 5 rings (SSSR count). The third-order valence-electron chi connectivity index (χ3n) is 6.70. The van der Waals surface area contributed by atoms with Crippen molar-refractivity contribution < 1.29 is 18.1 Å². The van der Waals surface area contributed by atoms with Crippen LogP contribution in [0.5, 0.6) is 0 Å². The van der Waals surface area contributed by atoms with E-state index in [2.05, 4.69) is 10.3 Å². The van der Waals surface area contributed by atoms with Gasteiger partial charge in [0.15, 0.2) is 0 Å². The third-order valence-corrected chi connectivity index (χ3v) is 8.03. The number of nitro benzene ring substituents is 1. The van der Waals surface area contributed by atoms with Crippen LogP contribution in [0.3, 0.4) is 0 Å². The molecule has 37 heavy (non-hydrogen) atoms. The molecule has 0 radical (unpaired) electrons. The summed E-state index contributed by atoms with van der Waals surface area (Å²) in [5, 5.41) is 15.9. The summed E-state index contributed by atoms with van der Waals surface area (Å²) in [7, 11) is -4.33. The first-order valence-electron chi connectivity index (χ1n) is 12.1. The van der Waals surface area contributed by atoms with Gasteiger partial charge in [0.1, 0.15) is 5.69 Å². The maximum Gasteiger partial charge on any atom is 0.293 e. The van der Waals surface area contributed by atoms with Crippen molar-refractivity contribution in [3.8, 4) is 11.1 Å². The van der Waals surface area contributed by atoms with E-state index in [4.69, 9.17) is 0 Å². The molecule has 3 N–H and O–H groups in total. The Hall–Kier alpha value is -4.18. The van der Waals surface area contributed by atoms with Crippen molar-refractivity contribution in [2.45, 2.75) is 43.0 Å². The number of anilines is 1. The number of H-pyrrole nitrogens is 1. The topological polar surface area (TPSA) is 134 Å². The molecule has 4 aromatic rings. The summed E-state index contributed by atoms with van der Waals surface area (Å²) in [6.07, 6.45) is 6.92. The lowest BCUT2D eigenvalue weighted by Crippen LogP contribution is -2.30. The summed E-state index contributed by atoms with van der Waals surface area (Å²) in [6, 6.07) is 18.2. The van der Waals surface area contributed by atoms with Crippen molar-refractivity contribution in [1.29, 1.82) is 0 Å². The Labute approximate surface area is 214 Å². The van der Waals surface area contributed by atoms with Gasteiger partial charge in [-0.2, -0.15) is 0 Å². The van der Waals surface area contributed by atoms with Crippen LogP contribution in [0.15, 0.2) is 77.8 Å². The number of benzene rings is 3. The van der Waals surface area contributed by atoms with Crippen LogP contribution in [-0.4, -0.2) is 30.3 Å². The second kappa shape index (κ2) is 10.1. The van der Waals surface area contributed by atoms with Gasteiger partial charge in [-0.05, 0) is 65.8 Å². The number of rotatable bonds is 7. The summed E-state index contributed by atoms with van der Waals surface area (Å²) in [5.41, 5.74) is 2.88. The van der Waals surface area contributed by atoms with E-state index in [-0.39, 0.29) is 27.9 Å². The van der Waals surface area contributed by atoms with Gasteiger partial charge in [-0.15, -0.1) is 0 Å². The predicted molar refractivity (Wildman–Crippen MR) is 142 cm³/mol. The third kappa shape index (κ3) is 5.34. The lowest BCUT2D eigenvalue weighted by Gasteiger charge is -2.23. The molecule has 1 saturated carbocycles. The minimum atomic E-state index is -4.33. The largest absolute Gasteiger partial charge is 0.377 e. The molecule has 1 aliphatic carbocycles. The standard InChI is InChI=1S/C27H26N4O5S/c32-27(20-9-6-18(7-10-20)21-11-8-19-14-15-28-25(19)16-21)30-37(35,36)23-12-13-24(26(17-23)31(33)34)29-22-4-2-1-3-5-22/h6-17,22,28-29H,1-5H2,(H,30,32). The van der Waals surface area contributed by atoms with Gasteiger partial charge in [0, 0.05) is 29.4 Å². The first kappa shape index (κ1) is 24.5. The van der Waals surface area contributed by atoms with E-state index < -0.39 is 20.9 Å². The van der Waals surface area contributed by atoms with Gasteiger partial charge in [0.05, 0.1) is 9.82 Å². The molecular weight excluding hydrogens is 492 g/mol. The number of hydrogen-bond donors (Lipinski definition) is 3. The normalized spacial score (nSPS) is 14.4. The number of amides is 1. The molecule has 9 nitrogen and oxygen atoms in total. The fourth-order valence-corrected chi connectivity index (χ4v) is 5.69. The van der Waals surface area contributed by atoms with Crippen molar-refractivity contribution in [3.05, 3.63) is 88.6 Å². The van der Waals surface area contributed by atoms with Crippen molar-refractivity contribution in [3.63, 3.8) is 0 Å². The molecule has 1 heterocycles. The Morgan fingerprint density at radius 2 is 1.65 bits per heavy atom. The molecule has 10 heteroatoms. The number of nitrogens with one attached hydrogen (secondary N) is 3. The highest BCUT2D eigenvalue weighted by Crippen LogP contribution is 2.31. The number of fused-ring (bicyclic) bond motifs is 1. The summed E-state index contributed by atoms with van der Waals surface area (Å²) >= 11 is 0. The van der Waals surface area contributed by atoms with E-state index in [1.807, 2.05) is 35.2 Å². The maximum absolute atomic E-state index is 12.9. The van der Waals surface area contributed by atoms with Crippen LogP contribution >= 0.6 is 0 Å². The van der Waals surface area contributed by atoms with Gasteiger partial charge in [-0.3, -0.25) is 14.9 Å². The molecule has 0 atom stereocenters. The molecule has 0 bridgehead atoms. The molecule has 190 valence electrons. The lowest BCUT2D eigenvalue weighted by molar-refractivity contribution is -0.384. The molecule has 0 unspecified atom stereocenters. The highest BCUT2D eigenvalue weighted by atomic mass is 32.2. The zero-order valence-electron chi connectivity index (χ0n) is 19.9. The molecule has 1 aromatic heterocycles. The lowest BCUT2D eigenvalue weighted by atomic mass is 9.95. The smallest absolute Gasteiger partial charge is 0.293 e. The van der Waals surface area contributed by atoms with Gasteiger partial charge < -0.3 is 10.3 Å². The van der Waals surface area contributed by atoms with Gasteiger partial charge in [-0.25, -0.2) is 13.1 Å². The van der Waals surface area contributed by atoms with Crippen molar-refractivity contribution >= 4 is 38.2 Å². The zero-order valence-corrected chi connectivity index (χ0v) is 20.8. The highest BCUT2D eigenvalue weighted by Gasteiger charge is 2.25. The minimum absolute atomic E-state index is 0.113. The average molecular weight is 519 g/mol. The average Bonchev–Trinajstić information content (AvgIpc) is 3.37. The number of hydrogen-bond acceptors (Lipinski definition) is 6. The maximum atomic E-state index is 12.9. The first-order valence-corrected chi connectivity index (χ1v) is 13.6. The highest BCUT2D eigenvalue weighted by molar-refractivity contribution is 7.90. The molecule has 0 aliphatic heterocycles. The van der Waals surface area contributed by atoms with Crippen molar-refractivity contribution in [2.75, 3.05) is 5.32 Å². The molecule has 1 amide bonds. The van der Waals surface area contributed by atoms with Crippen LogP contribution < -0.4 is 10.0 Å². The van der Waals surface area contributed by atoms with Crippen LogP contribution in [0, 0.1) is 10.1 Å². The van der Waals surface area contributed by atoms with Crippen LogP contribution in [0.2, 0.25) is 0 Å². The van der Waals surface area contributed by atoms with Crippen LogP contribution in [0.4, 0.5) is 11.4 Å². The quantitative estimate of drug-likeness (QED) is 0.215. The van der Waals surface area contributed by atoms with Crippen LogP contribution in [0.25, 0.3) is 22.0 Å². The van der Waals surface area contributed by atoms with E-state index in [0.29, 0.717) is 0 Å². The number of nitrogens with zero attached hydrogens (tertiary/aromatic N) is 1. The van der Waals surface area contributed by atoms with E-state index in [1.54, 1.807) is 24.3 Å². The van der Waals surface area contributed by atoms with Crippen LogP contribution in [-0.2, 0) is 10.0 Å². The van der Waals surface area contributed by atoms with E-state index >= 15 is 0 Å².